The van der Waals surface area contributed by atoms with E-state index in [4.69, 9.17) is 9.47 Å². The molecule has 108 valence electrons. The van der Waals surface area contributed by atoms with Crippen molar-refractivity contribution in [3.63, 3.8) is 0 Å². The van der Waals surface area contributed by atoms with Gasteiger partial charge in [0.25, 0.3) is 0 Å². The van der Waals surface area contributed by atoms with E-state index in [1.807, 2.05) is 0 Å². The van der Waals surface area contributed by atoms with Gasteiger partial charge in [-0.05, 0) is 37.8 Å². The molecule has 0 heterocycles. The number of rotatable bonds is 4. The maximum atomic E-state index is 11.8. The van der Waals surface area contributed by atoms with E-state index in [1.54, 1.807) is 38.6 Å². The molecule has 0 atom stereocenters. The Bertz CT molecular complexity index is 504. The Balaban J connectivity index is 1.98. The monoisotopic (exact) mass is 276 g/mol. The van der Waals surface area contributed by atoms with Gasteiger partial charge in [-0.2, -0.15) is 0 Å². The molecular weight excluding hydrogens is 256 g/mol. The normalized spacial score (nSPS) is 13.8. The summed E-state index contributed by atoms with van der Waals surface area (Å²) in [6, 6.07) is 4.98. The van der Waals surface area contributed by atoms with Crippen molar-refractivity contribution in [1.82, 2.24) is 5.32 Å². The lowest BCUT2D eigenvalue weighted by Crippen LogP contribution is -2.24. The zero-order valence-corrected chi connectivity index (χ0v) is 11.9. The minimum atomic E-state index is -0.270. The highest BCUT2D eigenvalue weighted by atomic mass is 16.5. The van der Waals surface area contributed by atoms with Crippen molar-refractivity contribution in [2.75, 3.05) is 19.5 Å². The topological polar surface area (TPSA) is 59.6 Å². The predicted octanol–water partition coefficient (Wildman–Crippen LogP) is 3.28. The van der Waals surface area contributed by atoms with Gasteiger partial charge in [0.1, 0.15) is 11.5 Å². The molecule has 0 unspecified atom stereocenters. The van der Waals surface area contributed by atoms with E-state index in [1.165, 1.54) is 18.4 Å². The molecular formula is C15H20N2O3. The van der Waals surface area contributed by atoms with Crippen LogP contribution in [0.1, 0.15) is 25.7 Å². The number of nitrogens with one attached hydrogen (secondary N) is 2. The van der Waals surface area contributed by atoms with Crippen LogP contribution in [0.3, 0.4) is 0 Å². The smallest absolute Gasteiger partial charge is 0.323 e. The highest BCUT2D eigenvalue weighted by molar-refractivity contribution is 5.91. The number of amides is 2. The molecule has 2 N–H and O–H groups in total. The first-order valence-electron chi connectivity index (χ1n) is 6.70. The Labute approximate surface area is 119 Å². The summed E-state index contributed by atoms with van der Waals surface area (Å²) in [5, 5.41) is 5.52. The molecule has 20 heavy (non-hydrogen) atoms. The average molecular weight is 276 g/mol. The van der Waals surface area contributed by atoms with Crippen LogP contribution in [-0.2, 0) is 0 Å². The number of urea groups is 1. The van der Waals surface area contributed by atoms with Crippen LogP contribution in [-0.4, -0.2) is 20.3 Å². The van der Waals surface area contributed by atoms with Gasteiger partial charge in [-0.25, -0.2) is 4.79 Å². The summed E-state index contributed by atoms with van der Waals surface area (Å²) in [7, 11) is 3.14. The van der Waals surface area contributed by atoms with Crippen molar-refractivity contribution in [3.8, 4) is 11.5 Å². The molecule has 0 bridgehead atoms. The molecule has 1 aromatic carbocycles. The van der Waals surface area contributed by atoms with Crippen LogP contribution in [0.2, 0.25) is 0 Å². The number of benzene rings is 1. The third kappa shape index (κ3) is 3.66. The maximum absolute atomic E-state index is 11.8. The molecule has 1 fully saturated rings. The van der Waals surface area contributed by atoms with Crippen LogP contribution in [0.15, 0.2) is 30.0 Å². The molecule has 0 aromatic heterocycles. The van der Waals surface area contributed by atoms with Crippen molar-refractivity contribution in [2.24, 2.45) is 0 Å². The lowest BCUT2D eigenvalue weighted by molar-refractivity contribution is 0.255. The number of anilines is 1. The summed E-state index contributed by atoms with van der Waals surface area (Å²) in [6.07, 6.45) is 6.37. The number of allylic oxidation sites excluding steroid dienone is 1. The summed E-state index contributed by atoms with van der Waals surface area (Å²) >= 11 is 0. The molecule has 5 heteroatoms. The molecule has 1 aliphatic carbocycles. The molecule has 2 rings (SSSR count). The van der Waals surface area contributed by atoms with Crippen molar-refractivity contribution in [3.05, 3.63) is 30.0 Å². The Morgan fingerprint density at radius 3 is 2.60 bits per heavy atom. The second-order valence-electron chi connectivity index (χ2n) is 4.67. The molecule has 1 aromatic rings. The zero-order valence-electron chi connectivity index (χ0n) is 11.9. The molecule has 1 aliphatic rings. The van der Waals surface area contributed by atoms with Crippen LogP contribution < -0.4 is 20.1 Å². The van der Waals surface area contributed by atoms with Gasteiger partial charge in [0.05, 0.1) is 19.9 Å². The molecule has 0 saturated heterocycles. The van der Waals surface area contributed by atoms with E-state index in [0.717, 1.165) is 12.8 Å². The van der Waals surface area contributed by atoms with Gasteiger partial charge < -0.3 is 20.1 Å². The number of carbonyl (C=O) groups is 1. The predicted molar refractivity (Wildman–Crippen MR) is 78.3 cm³/mol. The summed E-state index contributed by atoms with van der Waals surface area (Å²) in [5.74, 6) is 1.24. The van der Waals surface area contributed by atoms with E-state index < -0.39 is 0 Å². The number of methoxy groups -OCH3 is 2. The van der Waals surface area contributed by atoms with Gasteiger partial charge in [-0.15, -0.1) is 0 Å². The minimum absolute atomic E-state index is 0.270. The Kier molecular flexibility index (Phi) is 4.87. The second kappa shape index (κ2) is 6.84. The highest BCUT2D eigenvalue weighted by Crippen LogP contribution is 2.29. The first-order valence-corrected chi connectivity index (χ1v) is 6.70. The van der Waals surface area contributed by atoms with Gasteiger partial charge in [0, 0.05) is 12.3 Å². The Morgan fingerprint density at radius 2 is 1.95 bits per heavy atom. The van der Waals surface area contributed by atoms with Crippen LogP contribution >= 0.6 is 0 Å². The van der Waals surface area contributed by atoms with Crippen molar-refractivity contribution in [2.45, 2.75) is 25.7 Å². The van der Waals surface area contributed by atoms with Crippen LogP contribution in [0.4, 0.5) is 10.5 Å². The first-order chi connectivity index (χ1) is 9.72. The lowest BCUT2D eigenvalue weighted by Gasteiger charge is -2.11. The number of carbonyl (C=O) groups excluding carboxylic acids is 1. The van der Waals surface area contributed by atoms with Crippen LogP contribution in [0.25, 0.3) is 0 Å². The van der Waals surface area contributed by atoms with E-state index in [2.05, 4.69) is 10.6 Å². The van der Waals surface area contributed by atoms with Gasteiger partial charge >= 0.3 is 6.03 Å². The summed E-state index contributed by atoms with van der Waals surface area (Å²) in [5.41, 5.74) is 1.90. The van der Waals surface area contributed by atoms with Gasteiger partial charge in [0.2, 0.25) is 0 Å². The Hall–Kier alpha value is -2.17. The average Bonchev–Trinajstić information content (AvgIpc) is 2.99. The third-order valence-corrected chi connectivity index (χ3v) is 3.31. The van der Waals surface area contributed by atoms with Crippen LogP contribution in [0.5, 0.6) is 11.5 Å². The fourth-order valence-corrected chi connectivity index (χ4v) is 2.20. The minimum Gasteiger partial charge on any atom is -0.497 e. The molecule has 2 amide bonds. The van der Waals surface area contributed by atoms with Gasteiger partial charge in [0.15, 0.2) is 0 Å². The van der Waals surface area contributed by atoms with Gasteiger partial charge in [-0.3, -0.25) is 0 Å². The third-order valence-electron chi connectivity index (χ3n) is 3.31. The fourth-order valence-electron chi connectivity index (χ4n) is 2.20. The Morgan fingerprint density at radius 1 is 1.20 bits per heavy atom. The standard InChI is InChI=1S/C15H20N2O3/c1-19-12-7-8-13(14(9-12)20-2)17-15(18)16-10-11-5-3-4-6-11/h7-10H,3-6H2,1-2H3,(H2,16,17,18). The SMILES string of the molecule is COc1ccc(NC(=O)NC=C2CCCC2)c(OC)c1. The molecule has 0 radical (unpaired) electrons. The first kappa shape index (κ1) is 14.2. The number of hydrogen-bond donors (Lipinski definition) is 2. The van der Waals surface area contributed by atoms with Crippen molar-refractivity contribution < 1.29 is 14.3 Å². The molecule has 1 saturated carbocycles. The molecule has 0 aliphatic heterocycles. The molecule has 5 nitrogen and oxygen atoms in total. The zero-order chi connectivity index (χ0) is 14.4. The maximum Gasteiger partial charge on any atom is 0.323 e. The van der Waals surface area contributed by atoms with Crippen molar-refractivity contribution >= 4 is 11.7 Å². The summed E-state index contributed by atoms with van der Waals surface area (Å²) in [4.78, 5) is 11.8. The van der Waals surface area contributed by atoms with E-state index >= 15 is 0 Å². The highest BCUT2D eigenvalue weighted by Gasteiger charge is 2.09. The molecule has 0 spiro atoms. The number of hydrogen-bond acceptors (Lipinski definition) is 3. The van der Waals surface area contributed by atoms with Gasteiger partial charge in [-0.1, -0.05) is 5.57 Å². The quantitative estimate of drug-likeness (QED) is 0.887. The number of ether oxygens (including phenoxy) is 2. The van der Waals surface area contributed by atoms with Crippen LogP contribution in [0, 0.1) is 0 Å². The largest absolute Gasteiger partial charge is 0.497 e. The summed E-state index contributed by atoms with van der Waals surface area (Å²) in [6.45, 7) is 0. The lowest BCUT2D eigenvalue weighted by atomic mass is 10.2. The van der Waals surface area contributed by atoms with E-state index in [-0.39, 0.29) is 6.03 Å². The van der Waals surface area contributed by atoms with E-state index in [9.17, 15) is 4.79 Å². The van der Waals surface area contributed by atoms with Crippen molar-refractivity contribution in [1.29, 1.82) is 0 Å². The summed E-state index contributed by atoms with van der Waals surface area (Å²) < 4.78 is 10.3. The van der Waals surface area contributed by atoms with E-state index in [0.29, 0.717) is 17.2 Å². The fraction of sp³-hybridized carbons (Fsp3) is 0.400. The second-order valence-corrected chi connectivity index (χ2v) is 4.67.